The number of nitrogens with one attached hydrogen (secondary N) is 2. The summed E-state index contributed by atoms with van der Waals surface area (Å²) in [6.07, 6.45) is 2.12. The van der Waals surface area contributed by atoms with Crippen molar-refractivity contribution in [2.75, 3.05) is 10.6 Å². The Morgan fingerprint density at radius 2 is 1.90 bits per heavy atom. The van der Waals surface area contributed by atoms with Crippen molar-refractivity contribution in [2.24, 2.45) is 0 Å². The molecule has 0 radical (unpaired) electrons. The van der Waals surface area contributed by atoms with Gasteiger partial charge in [-0.2, -0.15) is 4.98 Å². The average Bonchev–Trinajstić information content (AvgIpc) is 3.44. The Balaban J connectivity index is 1.52. The van der Waals surface area contributed by atoms with Gasteiger partial charge in [0.15, 0.2) is 5.76 Å². The first-order chi connectivity index (χ1) is 15.1. The van der Waals surface area contributed by atoms with Crippen molar-refractivity contribution in [2.45, 2.75) is 18.5 Å². The zero-order chi connectivity index (χ0) is 21.4. The van der Waals surface area contributed by atoms with Gasteiger partial charge < -0.3 is 9.73 Å². The quantitative estimate of drug-likeness (QED) is 0.421. The summed E-state index contributed by atoms with van der Waals surface area (Å²) in [5.41, 5.74) is 2.00. The van der Waals surface area contributed by atoms with E-state index in [0.717, 1.165) is 11.1 Å². The van der Waals surface area contributed by atoms with Crippen LogP contribution in [0.1, 0.15) is 40.2 Å². The van der Waals surface area contributed by atoms with Crippen molar-refractivity contribution in [3.8, 4) is 0 Å². The molecule has 0 fully saturated rings. The lowest BCUT2D eigenvalue weighted by Gasteiger charge is -2.32. The Morgan fingerprint density at radius 3 is 2.65 bits per heavy atom. The van der Waals surface area contributed by atoms with Gasteiger partial charge in [0, 0.05) is 10.0 Å². The smallest absolute Gasteiger partial charge is 0.293 e. The predicted octanol–water partition coefficient (Wildman–Crippen LogP) is 5.58. The van der Waals surface area contributed by atoms with Crippen LogP contribution in [-0.2, 0) is 0 Å². The number of carbonyl (C=O) groups is 1. The summed E-state index contributed by atoms with van der Waals surface area (Å²) in [4.78, 5) is 16.9. The molecule has 0 spiro atoms. The molecule has 2 N–H and O–H groups in total. The van der Waals surface area contributed by atoms with Gasteiger partial charge in [-0.3, -0.25) is 10.1 Å². The summed E-state index contributed by atoms with van der Waals surface area (Å²) in [5.74, 6) is 0.475. The largest absolute Gasteiger partial charge is 0.459 e. The van der Waals surface area contributed by atoms with Crippen molar-refractivity contribution < 1.29 is 9.21 Å². The molecule has 0 aliphatic carbocycles. The van der Waals surface area contributed by atoms with E-state index in [1.807, 2.05) is 48.5 Å². The highest BCUT2D eigenvalue weighted by Gasteiger charge is 2.32. The Kier molecular flexibility index (Phi) is 5.13. The lowest BCUT2D eigenvalue weighted by molar-refractivity contribution is 0.0995. The summed E-state index contributed by atoms with van der Waals surface area (Å²) in [6.45, 7) is 0. The number of halogens is 2. The highest BCUT2D eigenvalue weighted by Crippen LogP contribution is 2.40. The Bertz CT molecular complexity index is 1220. The highest BCUT2D eigenvalue weighted by atomic mass is 35.5. The van der Waals surface area contributed by atoms with E-state index in [9.17, 15) is 4.79 Å². The molecule has 9 heteroatoms. The topological polar surface area (TPSA) is 85.0 Å². The number of benzene rings is 2. The molecule has 2 atom stereocenters. The first-order valence-electron chi connectivity index (χ1n) is 9.66. The first-order valence-corrected chi connectivity index (χ1v) is 10.4. The van der Waals surface area contributed by atoms with Gasteiger partial charge in [0.1, 0.15) is 0 Å². The molecule has 3 heterocycles. The molecule has 0 saturated carbocycles. The fourth-order valence-electron chi connectivity index (χ4n) is 3.72. The molecule has 7 nitrogen and oxygen atoms in total. The SMILES string of the molecule is O=C(Nc1nc2n(n1)[C@H](c1ccccc1Cl)C[C@H](c1ccc(Cl)cc1)N2)c1ccco1. The number of hydrogen-bond acceptors (Lipinski definition) is 5. The monoisotopic (exact) mass is 453 g/mol. The summed E-state index contributed by atoms with van der Waals surface area (Å²) in [6, 6.07) is 18.3. The third-order valence-corrected chi connectivity index (χ3v) is 5.79. The van der Waals surface area contributed by atoms with Gasteiger partial charge >= 0.3 is 0 Å². The van der Waals surface area contributed by atoms with Gasteiger partial charge in [0.2, 0.25) is 5.95 Å². The highest BCUT2D eigenvalue weighted by molar-refractivity contribution is 6.31. The fraction of sp³-hybridized carbons (Fsp3) is 0.136. The number of amides is 1. The zero-order valence-corrected chi connectivity index (χ0v) is 17.6. The van der Waals surface area contributed by atoms with E-state index in [1.54, 1.807) is 16.8 Å². The second-order valence-corrected chi connectivity index (χ2v) is 8.00. The zero-order valence-electron chi connectivity index (χ0n) is 16.1. The van der Waals surface area contributed by atoms with Crippen LogP contribution < -0.4 is 10.6 Å². The average molecular weight is 454 g/mol. The van der Waals surface area contributed by atoms with Crippen LogP contribution in [0.4, 0.5) is 11.9 Å². The molecule has 2 aromatic heterocycles. The van der Waals surface area contributed by atoms with E-state index in [2.05, 4.69) is 20.7 Å². The van der Waals surface area contributed by atoms with Gasteiger partial charge in [-0.1, -0.05) is 53.5 Å². The Morgan fingerprint density at radius 1 is 1.10 bits per heavy atom. The van der Waals surface area contributed by atoms with Crippen molar-refractivity contribution in [1.29, 1.82) is 0 Å². The van der Waals surface area contributed by atoms with Gasteiger partial charge in [0.05, 0.1) is 18.3 Å². The minimum atomic E-state index is -0.420. The maximum absolute atomic E-state index is 12.4. The number of aromatic nitrogens is 3. The van der Waals surface area contributed by atoms with Crippen LogP contribution >= 0.6 is 23.2 Å². The number of hydrogen-bond donors (Lipinski definition) is 2. The molecular formula is C22H17Cl2N5O2. The minimum absolute atomic E-state index is 0.0381. The summed E-state index contributed by atoms with van der Waals surface area (Å²) < 4.78 is 6.90. The van der Waals surface area contributed by atoms with Crippen LogP contribution in [0.3, 0.4) is 0 Å². The second-order valence-electron chi connectivity index (χ2n) is 7.16. The van der Waals surface area contributed by atoms with Crippen molar-refractivity contribution in [1.82, 2.24) is 14.8 Å². The fourth-order valence-corrected chi connectivity index (χ4v) is 4.11. The van der Waals surface area contributed by atoms with E-state index in [4.69, 9.17) is 27.6 Å². The van der Waals surface area contributed by atoms with E-state index in [1.165, 1.54) is 6.26 Å². The van der Waals surface area contributed by atoms with Crippen LogP contribution in [0, 0.1) is 0 Å². The standard InChI is InChI=1S/C22H17Cl2N5O2/c23-14-9-7-13(8-10-14)17-12-18(15-4-1-2-5-16(15)24)29-22(25-17)27-21(28-29)26-20(30)19-6-3-11-31-19/h1-11,17-18H,12H2,(H2,25,26,27,28,30)/t17-,18+/m1/s1. The Hall–Kier alpha value is -3.29. The summed E-state index contributed by atoms with van der Waals surface area (Å²) in [5, 5.41) is 11.9. The van der Waals surface area contributed by atoms with Crippen LogP contribution in [0.2, 0.25) is 10.0 Å². The Labute approximate surface area is 188 Å². The molecule has 2 aromatic carbocycles. The first kappa shape index (κ1) is 19.7. The van der Waals surface area contributed by atoms with E-state index in [-0.39, 0.29) is 23.8 Å². The molecule has 31 heavy (non-hydrogen) atoms. The van der Waals surface area contributed by atoms with Crippen LogP contribution in [0.5, 0.6) is 0 Å². The third kappa shape index (κ3) is 3.89. The normalized spacial score (nSPS) is 17.6. The molecule has 1 amide bonds. The lowest BCUT2D eigenvalue weighted by Crippen LogP contribution is -2.28. The van der Waals surface area contributed by atoms with Crippen LogP contribution in [0.25, 0.3) is 0 Å². The molecule has 1 aliphatic heterocycles. The van der Waals surface area contributed by atoms with E-state index < -0.39 is 5.91 Å². The number of carbonyl (C=O) groups excluding carboxylic acids is 1. The van der Waals surface area contributed by atoms with Crippen molar-refractivity contribution >= 4 is 41.0 Å². The number of fused-ring (bicyclic) bond motifs is 1. The maximum atomic E-state index is 12.4. The minimum Gasteiger partial charge on any atom is -0.459 e. The molecule has 0 unspecified atom stereocenters. The summed E-state index contributed by atoms with van der Waals surface area (Å²) in [7, 11) is 0. The van der Waals surface area contributed by atoms with Gasteiger partial charge in [-0.05, 0) is 47.9 Å². The molecule has 156 valence electrons. The van der Waals surface area contributed by atoms with Crippen molar-refractivity contribution in [3.63, 3.8) is 0 Å². The number of rotatable bonds is 4. The third-order valence-electron chi connectivity index (χ3n) is 5.20. The number of anilines is 2. The molecule has 0 bridgehead atoms. The molecular weight excluding hydrogens is 437 g/mol. The maximum Gasteiger partial charge on any atom is 0.293 e. The molecule has 1 aliphatic rings. The molecule has 0 saturated heterocycles. The molecule has 4 aromatic rings. The van der Waals surface area contributed by atoms with Gasteiger partial charge in [-0.15, -0.1) is 5.10 Å². The van der Waals surface area contributed by atoms with Crippen molar-refractivity contribution in [3.05, 3.63) is 93.9 Å². The number of furan rings is 1. The van der Waals surface area contributed by atoms with E-state index in [0.29, 0.717) is 22.4 Å². The van der Waals surface area contributed by atoms with Crippen LogP contribution in [0.15, 0.2) is 71.3 Å². The lowest BCUT2D eigenvalue weighted by atomic mass is 9.93. The molecule has 5 rings (SSSR count). The predicted molar refractivity (Wildman–Crippen MR) is 119 cm³/mol. The van der Waals surface area contributed by atoms with E-state index >= 15 is 0 Å². The summed E-state index contributed by atoms with van der Waals surface area (Å²) >= 11 is 12.6. The second kappa shape index (κ2) is 8.09. The van der Waals surface area contributed by atoms with Gasteiger partial charge in [0.25, 0.3) is 11.9 Å². The van der Waals surface area contributed by atoms with Crippen LogP contribution in [-0.4, -0.2) is 20.7 Å². The number of nitrogens with zero attached hydrogens (tertiary/aromatic N) is 3. The van der Waals surface area contributed by atoms with Gasteiger partial charge in [-0.25, -0.2) is 4.68 Å².